The van der Waals surface area contributed by atoms with Crippen molar-refractivity contribution in [2.24, 2.45) is 0 Å². The molecule has 2 aromatic carbocycles. The number of benzene rings is 2. The van der Waals surface area contributed by atoms with Crippen molar-refractivity contribution in [3.8, 4) is 5.75 Å². The van der Waals surface area contributed by atoms with Gasteiger partial charge < -0.3 is 25.2 Å². The van der Waals surface area contributed by atoms with E-state index in [2.05, 4.69) is 10.2 Å². The van der Waals surface area contributed by atoms with E-state index in [1.54, 1.807) is 0 Å². The van der Waals surface area contributed by atoms with Gasteiger partial charge in [-0.2, -0.15) is 0 Å². The fourth-order valence-electron chi connectivity index (χ4n) is 2.82. The summed E-state index contributed by atoms with van der Waals surface area (Å²) in [6, 6.07) is 17.1. The van der Waals surface area contributed by atoms with Gasteiger partial charge in [0, 0.05) is 12.6 Å². The van der Waals surface area contributed by atoms with Crippen molar-refractivity contribution in [1.29, 1.82) is 0 Å². The van der Waals surface area contributed by atoms with Gasteiger partial charge in [0.2, 0.25) is 0 Å². The van der Waals surface area contributed by atoms with Crippen LogP contribution in [0.2, 0.25) is 0 Å². The molecule has 148 valence electrons. The van der Waals surface area contributed by atoms with Crippen LogP contribution in [-0.4, -0.2) is 54.9 Å². The molecule has 0 aromatic heterocycles. The molecule has 27 heavy (non-hydrogen) atoms. The highest BCUT2D eigenvalue weighted by Gasteiger charge is 2.16. The summed E-state index contributed by atoms with van der Waals surface area (Å²) in [7, 11) is 4.01. The number of hydrogen-bond acceptors (Lipinski definition) is 5. The number of ether oxygens (including phenoxy) is 1. The van der Waals surface area contributed by atoms with Crippen LogP contribution in [0.25, 0.3) is 0 Å². The molecule has 3 N–H and O–H groups in total. The van der Waals surface area contributed by atoms with Crippen molar-refractivity contribution in [1.82, 2.24) is 10.2 Å². The van der Waals surface area contributed by atoms with E-state index in [1.807, 2.05) is 75.6 Å². The fraction of sp³-hybridized carbons (Fsp3) is 0.455. The minimum Gasteiger partial charge on any atom is -0.492 e. The third-order valence-electron chi connectivity index (χ3n) is 4.55. The quantitative estimate of drug-likeness (QED) is 0.566. The van der Waals surface area contributed by atoms with Crippen LogP contribution in [0.5, 0.6) is 5.75 Å². The van der Waals surface area contributed by atoms with E-state index in [1.165, 1.54) is 0 Å². The third-order valence-corrected chi connectivity index (χ3v) is 4.55. The summed E-state index contributed by atoms with van der Waals surface area (Å²) in [6.45, 7) is 4.02. The highest BCUT2D eigenvalue weighted by Crippen LogP contribution is 2.22. The molecule has 0 aliphatic heterocycles. The number of rotatable bonds is 11. The predicted molar refractivity (Wildman–Crippen MR) is 109 cm³/mol. The summed E-state index contributed by atoms with van der Waals surface area (Å²) < 4.78 is 5.73. The molecule has 0 heterocycles. The summed E-state index contributed by atoms with van der Waals surface area (Å²) >= 11 is 0. The van der Waals surface area contributed by atoms with E-state index in [0.717, 1.165) is 23.4 Å². The largest absolute Gasteiger partial charge is 0.492 e. The van der Waals surface area contributed by atoms with Crippen LogP contribution in [0.15, 0.2) is 54.6 Å². The molecule has 0 amide bonds. The second kappa shape index (κ2) is 11.0. The lowest BCUT2D eigenvalue weighted by molar-refractivity contribution is 0.127. The lowest BCUT2D eigenvalue weighted by atomic mass is 10.0. The molecule has 0 radical (unpaired) electrons. The van der Waals surface area contributed by atoms with Crippen molar-refractivity contribution >= 4 is 0 Å². The molecule has 0 saturated carbocycles. The maximum atomic E-state index is 10.5. The SMILES string of the molecule is CC(NCCC(O)c1cccc(OCCN(C)C)c1)C(O)c1ccccc1. The van der Waals surface area contributed by atoms with Crippen molar-refractivity contribution in [2.45, 2.75) is 31.6 Å². The highest BCUT2D eigenvalue weighted by atomic mass is 16.5. The molecule has 0 aliphatic carbocycles. The van der Waals surface area contributed by atoms with Crippen molar-refractivity contribution in [3.05, 3.63) is 65.7 Å². The Balaban J connectivity index is 1.79. The minimum absolute atomic E-state index is 0.0969. The first-order valence-electron chi connectivity index (χ1n) is 9.49. The van der Waals surface area contributed by atoms with Crippen molar-refractivity contribution in [3.63, 3.8) is 0 Å². The lowest BCUT2D eigenvalue weighted by Gasteiger charge is -2.21. The monoisotopic (exact) mass is 372 g/mol. The topological polar surface area (TPSA) is 65.0 Å². The predicted octanol–water partition coefficient (Wildman–Crippen LogP) is 2.76. The van der Waals surface area contributed by atoms with Crippen LogP contribution in [0.4, 0.5) is 0 Å². The fourth-order valence-corrected chi connectivity index (χ4v) is 2.82. The van der Waals surface area contributed by atoms with Crippen molar-refractivity contribution < 1.29 is 14.9 Å². The van der Waals surface area contributed by atoms with Gasteiger partial charge in [-0.05, 0) is 57.2 Å². The molecule has 3 unspecified atom stereocenters. The molecular formula is C22H32N2O3. The molecule has 0 aliphatic rings. The van der Waals surface area contributed by atoms with Gasteiger partial charge in [0.25, 0.3) is 0 Å². The van der Waals surface area contributed by atoms with Crippen LogP contribution in [0.1, 0.15) is 36.7 Å². The molecule has 0 fully saturated rings. The van der Waals surface area contributed by atoms with Gasteiger partial charge in [0.05, 0.1) is 12.2 Å². The Labute approximate surface area is 162 Å². The summed E-state index contributed by atoms with van der Waals surface area (Å²) in [5.41, 5.74) is 1.73. The van der Waals surface area contributed by atoms with Crippen LogP contribution in [0.3, 0.4) is 0 Å². The number of aliphatic hydroxyl groups excluding tert-OH is 2. The second-order valence-electron chi connectivity index (χ2n) is 7.13. The maximum absolute atomic E-state index is 10.5. The molecule has 5 heteroatoms. The Hall–Kier alpha value is -1.92. The van der Waals surface area contributed by atoms with E-state index < -0.39 is 12.2 Å². The standard InChI is InChI=1S/C22H32N2O3/c1-17(22(26)18-8-5-4-6-9-18)23-13-12-21(25)19-10-7-11-20(16-19)27-15-14-24(2)3/h4-11,16-17,21-23,25-26H,12-15H2,1-3H3. The van der Waals surface area contributed by atoms with Gasteiger partial charge in [0.15, 0.2) is 0 Å². The number of likely N-dealkylation sites (N-methyl/N-ethyl adjacent to an activating group) is 1. The van der Waals surface area contributed by atoms with E-state index in [4.69, 9.17) is 4.74 Å². The van der Waals surface area contributed by atoms with Crippen molar-refractivity contribution in [2.75, 3.05) is 33.8 Å². The Morgan fingerprint density at radius 2 is 1.70 bits per heavy atom. The first kappa shape index (κ1) is 21.4. The Kier molecular flexibility index (Phi) is 8.75. The third kappa shape index (κ3) is 7.31. The van der Waals surface area contributed by atoms with Gasteiger partial charge in [-0.3, -0.25) is 0 Å². The van der Waals surface area contributed by atoms with E-state index in [-0.39, 0.29) is 6.04 Å². The van der Waals surface area contributed by atoms with Crippen LogP contribution < -0.4 is 10.1 Å². The van der Waals surface area contributed by atoms with Gasteiger partial charge in [-0.15, -0.1) is 0 Å². The zero-order chi connectivity index (χ0) is 19.6. The highest BCUT2D eigenvalue weighted by molar-refractivity contribution is 5.30. The van der Waals surface area contributed by atoms with Gasteiger partial charge >= 0.3 is 0 Å². The summed E-state index contributed by atoms with van der Waals surface area (Å²) in [4.78, 5) is 2.06. The average Bonchev–Trinajstić information content (AvgIpc) is 2.68. The smallest absolute Gasteiger partial charge is 0.119 e. The van der Waals surface area contributed by atoms with Gasteiger partial charge in [0.1, 0.15) is 12.4 Å². The summed E-state index contributed by atoms with van der Waals surface area (Å²) in [5.74, 6) is 0.772. The van der Waals surface area contributed by atoms with E-state index in [9.17, 15) is 10.2 Å². The summed E-state index contributed by atoms with van der Waals surface area (Å²) in [5, 5.41) is 24.1. The number of hydrogen-bond donors (Lipinski definition) is 3. The minimum atomic E-state index is -0.573. The Morgan fingerprint density at radius 3 is 2.41 bits per heavy atom. The van der Waals surface area contributed by atoms with E-state index >= 15 is 0 Å². The van der Waals surface area contributed by atoms with Gasteiger partial charge in [-0.1, -0.05) is 42.5 Å². The number of nitrogens with zero attached hydrogens (tertiary/aromatic N) is 1. The molecule has 5 nitrogen and oxygen atoms in total. The maximum Gasteiger partial charge on any atom is 0.119 e. The molecule has 0 spiro atoms. The van der Waals surface area contributed by atoms with Gasteiger partial charge in [-0.25, -0.2) is 0 Å². The Morgan fingerprint density at radius 1 is 1.00 bits per heavy atom. The van der Waals surface area contributed by atoms with E-state index in [0.29, 0.717) is 19.6 Å². The lowest BCUT2D eigenvalue weighted by Crippen LogP contribution is -2.33. The average molecular weight is 373 g/mol. The molecular weight excluding hydrogens is 340 g/mol. The number of aliphatic hydroxyl groups is 2. The molecule has 0 saturated heterocycles. The first-order chi connectivity index (χ1) is 13.0. The zero-order valence-corrected chi connectivity index (χ0v) is 16.5. The number of nitrogens with one attached hydrogen (secondary N) is 1. The molecule has 2 rings (SSSR count). The Bertz CT molecular complexity index is 664. The first-order valence-corrected chi connectivity index (χ1v) is 9.49. The van der Waals surface area contributed by atoms with Crippen LogP contribution in [-0.2, 0) is 0 Å². The van der Waals surface area contributed by atoms with Crippen LogP contribution >= 0.6 is 0 Å². The second-order valence-corrected chi connectivity index (χ2v) is 7.13. The molecule has 0 bridgehead atoms. The normalized spacial score (nSPS) is 14.7. The molecule has 3 atom stereocenters. The summed E-state index contributed by atoms with van der Waals surface area (Å²) in [6.07, 6.45) is -0.583. The molecule has 2 aromatic rings. The zero-order valence-electron chi connectivity index (χ0n) is 16.5. The van der Waals surface area contributed by atoms with Crippen LogP contribution in [0, 0.1) is 0 Å².